The van der Waals surface area contributed by atoms with Gasteiger partial charge in [-0.05, 0) is 37.7 Å². The van der Waals surface area contributed by atoms with E-state index in [-0.39, 0.29) is 17.4 Å². The van der Waals surface area contributed by atoms with Crippen molar-refractivity contribution in [2.24, 2.45) is 11.7 Å². The smallest absolute Gasteiger partial charge is 0.311 e. The van der Waals surface area contributed by atoms with Crippen molar-refractivity contribution in [2.75, 3.05) is 5.32 Å². The molecule has 1 atom stereocenters. The zero-order chi connectivity index (χ0) is 17.1. The molecule has 4 N–H and O–H groups in total. The third-order valence-electron chi connectivity index (χ3n) is 4.40. The number of rotatable bonds is 6. The number of primary amides is 1. The molecule has 1 heterocycles. The summed E-state index contributed by atoms with van der Waals surface area (Å²) in [5, 5.41) is 12.6. The molecule has 6 nitrogen and oxygen atoms in total. The van der Waals surface area contributed by atoms with E-state index in [0.29, 0.717) is 36.2 Å². The van der Waals surface area contributed by atoms with Crippen molar-refractivity contribution >= 4 is 34.1 Å². The van der Waals surface area contributed by atoms with Crippen LogP contribution in [-0.2, 0) is 16.0 Å². The van der Waals surface area contributed by atoms with Crippen LogP contribution in [0.3, 0.4) is 0 Å². The van der Waals surface area contributed by atoms with E-state index in [0.717, 1.165) is 11.3 Å². The molecular formula is C16H22N2O4S. The standard InChI is InChI=1S/C16H22N2O4S/c1-3-8(4-2)14(20)18-15-12(13(17)19)11-9(16(21)22)6-5-7-10(11)23-15/h8-9H,3-7H2,1-2H3,(H2,17,19)(H,18,20)(H,21,22). The number of aliphatic carboxylic acids is 1. The minimum Gasteiger partial charge on any atom is -0.481 e. The van der Waals surface area contributed by atoms with E-state index in [9.17, 15) is 19.5 Å². The summed E-state index contributed by atoms with van der Waals surface area (Å²) in [5.41, 5.74) is 6.16. The molecule has 126 valence electrons. The van der Waals surface area contributed by atoms with Gasteiger partial charge in [-0.1, -0.05) is 13.8 Å². The van der Waals surface area contributed by atoms with E-state index < -0.39 is 17.8 Å². The summed E-state index contributed by atoms with van der Waals surface area (Å²) < 4.78 is 0. The van der Waals surface area contributed by atoms with E-state index in [4.69, 9.17) is 5.73 Å². The molecule has 2 rings (SSSR count). The molecule has 0 radical (unpaired) electrons. The lowest BCUT2D eigenvalue weighted by Crippen LogP contribution is -2.25. The Morgan fingerprint density at radius 3 is 2.52 bits per heavy atom. The quantitative estimate of drug-likeness (QED) is 0.740. The van der Waals surface area contributed by atoms with Gasteiger partial charge in [-0.3, -0.25) is 14.4 Å². The molecule has 0 aromatic carbocycles. The van der Waals surface area contributed by atoms with Crippen LogP contribution in [0.2, 0.25) is 0 Å². The van der Waals surface area contributed by atoms with Crippen LogP contribution in [0.15, 0.2) is 0 Å². The maximum absolute atomic E-state index is 12.3. The van der Waals surface area contributed by atoms with Gasteiger partial charge in [0.2, 0.25) is 5.91 Å². The monoisotopic (exact) mass is 338 g/mol. The first-order valence-electron chi connectivity index (χ1n) is 7.89. The summed E-state index contributed by atoms with van der Waals surface area (Å²) in [6, 6.07) is 0. The number of amides is 2. The zero-order valence-electron chi connectivity index (χ0n) is 13.3. The van der Waals surface area contributed by atoms with Crippen molar-refractivity contribution in [3.05, 3.63) is 16.0 Å². The fraction of sp³-hybridized carbons (Fsp3) is 0.562. The number of anilines is 1. The lowest BCUT2D eigenvalue weighted by molar-refractivity contribution is -0.139. The molecule has 0 saturated carbocycles. The van der Waals surface area contributed by atoms with Crippen molar-refractivity contribution < 1.29 is 19.5 Å². The van der Waals surface area contributed by atoms with Gasteiger partial charge in [-0.2, -0.15) is 0 Å². The maximum atomic E-state index is 12.3. The maximum Gasteiger partial charge on any atom is 0.311 e. The number of carbonyl (C=O) groups excluding carboxylic acids is 2. The van der Waals surface area contributed by atoms with Gasteiger partial charge >= 0.3 is 5.97 Å². The Bertz CT molecular complexity index is 634. The van der Waals surface area contributed by atoms with Crippen LogP contribution in [0.4, 0.5) is 5.00 Å². The Kier molecular flexibility index (Phi) is 5.41. The first-order valence-corrected chi connectivity index (χ1v) is 8.71. The highest BCUT2D eigenvalue weighted by molar-refractivity contribution is 7.17. The average Bonchev–Trinajstić information content (AvgIpc) is 2.85. The number of fused-ring (bicyclic) bond motifs is 1. The van der Waals surface area contributed by atoms with Crippen molar-refractivity contribution in [2.45, 2.75) is 51.9 Å². The molecule has 7 heteroatoms. The number of nitrogens with two attached hydrogens (primary N) is 1. The Morgan fingerprint density at radius 1 is 1.35 bits per heavy atom. The zero-order valence-corrected chi connectivity index (χ0v) is 14.2. The molecule has 1 aromatic heterocycles. The van der Waals surface area contributed by atoms with Crippen LogP contribution in [0.25, 0.3) is 0 Å². The number of nitrogens with one attached hydrogen (secondary N) is 1. The average molecular weight is 338 g/mol. The van der Waals surface area contributed by atoms with Gasteiger partial charge in [-0.25, -0.2) is 0 Å². The number of hydrogen-bond acceptors (Lipinski definition) is 4. The molecule has 2 amide bonds. The van der Waals surface area contributed by atoms with Crippen LogP contribution in [0.1, 0.15) is 66.2 Å². The molecular weight excluding hydrogens is 316 g/mol. The van der Waals surface area contributed by atoms with Gasteiger partial charge in [0, 0.05) is 10.8 Å². The molecule has 23 heavy (non-hydrogen) atoms. The van der Waals surface area contributed by atoms with Gasteiger partial charge in [0.25, 0.3) is 5.91 Å². The first kappa shape index (κ1) is 17.5. The van der Waals surface area contributed by atoms with E-state index in [1.54, 1.807) is 0 Å². The summed E-state index contributed by atoms with van der Waals surface area (Å²) in [6.07, 6.45) is 3.36. The predicted octanol–water partition coefficient (Wildman–Crippen LogP) is 2.73. The van der Waals surface area contributed by atoms with Crippen molar-refractivity contribution in [1.82, 2.24) is 0 Å². The predicted molar refractivity (Wildman–Crippen MR) is 88.9 cm³/mol. The normalized spacial score (nSPS) is 16.9. The molecule has 0 saturated heterocycles. The lowest BCUT2D eigenvalue weighted by atomic mass is 9.85. The summed E-state index contributed by atoms with van der Waals surface area (Å²) in [6.45, 7) is 3.87. The fourth-order valence-electron chi connectivity index (χ4n) is 3.11. The lowest BCUT2D eigenvalue weighted by Gasteiger charge is -2.19. The Balaban J connectivity index is 2.44. The minimum absolute atomic E-state index is 0.134. The van der Waals surface area contributed by atoms with Crippen molar-refractivity contribution in [3.63, 3.8) is 0 Å². The van der Waals surface area contributed by atoms with Gasteiger partial charge in [0.05, 0.1) is 11.5 Å². The van der Waals surface area contributed by atoms with Gasteiger partial charge in [0.1, 0.15) is 5.00 Å². The van der Waals surface area contributed by atoms with Crippen LogP contribution in [-0.4, -0.2) is 22.9 Å². The van der Waals surface area contributed by atoms with Crippen LogP contribution in [0, 0.1) is 5.92 Å². The SMILES string of the molecule is CCC(CC)C(=O)Nc1sc2c(c1C(N)=O)C(C(=O)O)CCC2. The molecule has 1 aliphatic carbocycles. The summed E-state index contributed by atoms with van der Waals surface area (Å²) in [7, 11) is 0. The summed E-state index contributed by atoms with van der Waals surface area (Å²) >= 11 is 1.28. The molecule has 0 bridgehead atoms. The van der Waals surface area contributed by atoms with E-state index in [1.165, 1.54) is 11.3 Å². The third-order valence-corrected chi connectivity index (χ3v) is 5.59. The van der Waals surface area contributed by atoms with Crippen LogP contribution in [0.5, 0.6) is 0 Å². The highest BCUT2D eigenvalue weighted by Gasteiger charge is 2.35. The Hall–Kier alpha value is -1.89. The second kappa shape index (κ2) is 7.12. The molecule has 1 unspecified atom stereocenters. The van der Waals surface area contributed by atoms with E-state index in [2.05, 4.69) is 5.32 Å². The summed E-state index contributed by atoms with van der Waals surface area (Å²) in [4.78, 5) is 36.5. The second-order valence-corrected chi connectivity index (χ2v) is 6.90. The van der Waals surface area contributed by atoms with Crippen molar-refractivity contribution in [1.29, 1.82) is 0 Å². The number of carboxylic acids is 1. The van der Waals surface area contributed by atoms with Gasteiger partial charge < -0.3 is 16.2 Å². The van der Waals surface area contributed by atoms with Crippen LogP contribution >= 0.6 is 11.3 Å². The molecule has 0 fully saturated rings. The fourth-order valence-corrected chi connectivity index (χ4v) is 4.42. The highest BCUT2D eigenvalue weighted by Crippen LogP contribution is 2.43. The number of aryl methyl sites for hydroxylation is 1. The van der Waals surface area contributed by atoms with Crippen molar-refractivity contribution in [3.8, 4) is 0 Å². The molecule has 0 aliphatic heterocycles. The topological polar surface area (TPSA) is 109 Å². The van der Waals surface area contributed by atoms with Crippen LogP contribution < -0.4 is 11.1 Å². The van der Waals surface area contributed by atoms with Gasteiger partial charge in [-0.15, -0.1) is 11.3 Å². The number of carboxylic acid groups (broad SMARTS) is 1. The Labute approximate surface area is 139 Å². The number of thiophene rings is 1. The molecule has 1 aromatic rings. The first-order chi connectivity index (χ1) is 10.9. The number of carbonyl (C=O) groups is 3. The summed E-state index contributed by atoms with van der Waals surface area (Å²) in [5.74, 6) is -2.65. The van der Waals surface area contributed by atoms with E-state index >= 15 is 0 Å². The Morgan fingerprint density at radius 2 is 2.00 bits per heavy atom. The van der Waals surface area contributed by atoms with Gasteiger partial charge in [0.15, 0.2) is 0 Å². The second-order valence-electron chi connectivity index (χ2n) is 5.79. The minimum atomic E-state index is -0.955. The molecule has 1 aliphatic rings. The third kappa shape index (κ3) is 3.39. The molecule has 0 spiro atoms. The largest absolute Gasteiger partial charge is 0.481 e. The van der Waals surface area contributed by atoms with E-state index in [1.807, 2.05) is 13.8 Å². The number of hydrogen-bond donors (Lipinski definition) is 3. The highest BCUT2D eigenvalue weighted by atomic mass is 32.1.